The molecule has 0 bridgehead atoms. The molecule has 0 saturated carbocycles. The molecule has 1 amide bonds. The lowest BCUT2D eigenvalue weighted by Crippen LogP contribution is -2.43. The highest BCUT2D eigenvalue weighted by atomic mass is 79.9. The van der Waals surface area contributed by atoms with E-state index in [1.807, 2.05) is 0 Å². The van der Waals surface area contributed by atoms with Crippen LogP contribution in [-0.2, 0) is 14.8 Å². The van der Waals surface area contributed by atoms with Crippen molar-refractivity contribution >= 4 is 42.8 Å². The molecule has 1 aromatic carbocycles. The molecule has 130 valence electrons. The molecular formula is C15H18BrN3O4S. The molecule has 1 unspecified atom stereocenters. The number of fused-ring (bicyclic) bond motifs is 1. The molecule has 1 fully saturated rings. The first-order chi connectivity index (χ1) is 11.3. The minimum atomic E-state index is -3.88. The minimum Gasteiger partial charge on any atom is -0.380 e. The highest BCUT2D eigenvalue weighted by molar-refractivity contribution is 9.10. The van der Waals surface area contributed by atoms with Gasteiger partial charge < -0.3 is 15.5 Å². The molecule has 1 atom stereocenters. The van der Waals surface area contributed by atoms with Crippen molar-refractivity contribution in [2.75, 3.05) is 20.2 Å². The Hall–Kier alpha value is -1.42. The maximum atomic E-state index is 13.2. The van der Waals surface area contributed by atoms with Crippen LogP contribution in [-0.4, -0.2) is 49.9 Å². The van der Waals surface area contributed by atoms with Gasteiger partial charge in [0.05, 0.1) is 6.10 Å². The van der Waals surface area contributed by atoms with Gasteiger partial charge >= 0.3 is 0 Å². The van der Waals surface area contributed by atoms with Crippen LogP contribution in [0.25, 0.3) is 10.9 Å². The second-order valence-electron chi connectivity index (χ2n) is 5.75. The molecule has 9 heteroatoms. The summed E-state index contributed by atoms with van der Waals surface area (Å²) >= 11 is 3.34. The summed E-state index contributed by atoms with van der Waals surface area (Å²) in [5.74, 6) is -0.804. The number of nitrogens with two attached hydrogens (primary N) is 1. The quantitative estimate of drug-likeness (QED) is 0.793. The minimum absolute atomic E-state index is 0.0666. The predicted octanol–water partition coefficient (Wildman–Crippen LogP) is 1.83. The molecule has 1 aliphatic heterocycles. The van der Waals surface area contributed by atoms with Crippen LogP contribution in [0.5, 0.6) is 0 Å². The molecule has 0 radical (unpaired) electrons. The molecule has 2 aromatic rings. The smallest absolute Gasteiger partial charge is 0.266 e. The van der Waals surface area contributed by atoms with Crippen LogP contribution in [0.2, 0.25) is 0 Å². The van der Waals surface area contributed by atoms with Crippen molar-refractivity contribution in [3.8, 4) is 0 Å². The molecule has 1 aromatic heterocycles. The predicted molar refractivity (Wildman–Crippen MR) is 93.3 cm³/mol. The van der Waals surface area contributed by atoms with Gasteiger partial charge in [0.25, 0.3) is 5.91 Å². The van der Waals surface area contributed by atoms with Gasteiger partial charge in [0, 0.05) is 35.6 Å². The topological polar surface area (TPSA) is 105 Å². The van der Waals surface area contributed by atoms with E-state index in [4.69, 9.17) is 10.5 Å². The molecule has 24 heavy (non-hydrogen) atoms. The van der Waals surface area contributed by atoms with Crippen molar-refractivity contribution < 1.29 is 17.9 Å². The number of aromatic amines is 1. The van der Waals surface area contributed by atoms with Gasteiger partial charge in [-0.2, -0.15) is 4.31 Å². The van der Waals surface area contributed by atoms with Crippen LogP contribution in [0.3, 0.4) is 0 Å². The Kier molecular flexibility index (Phi) is 4.69. The average Bonchev–Trinajstić information content (AvgIpc) is 2.94. The number of nitrogens with zero attached hydrogens (tertiary/aromatic N) is 1. The van der Waals surface area contributed by atoms with Crippen molar-refractivity contribution in [3.63, 3.8) is 0 Å². The second-order valence-corrected chi connectivity index (χ2v) is 8.54. The molecule has 0 aliphatic carbocycles. The molecule has 2 heterocycles. The van der Waals surface area contributed by atoms with Crippen molar-refractivity contribution in [2.24, 2.45) is 5.73 Å². The summed E-state index contributed by atoms with van der Waals surface area (Å²) in [4.78, 5) is 14.6. The van der Waals surface area contributed by atoms with Crippen LogP contribution < -0.4 is 5.73 Å². The number of methoxy groups -OCH3 is 1. The summed E-state index contributed by atoms with van der Waals surface area (Å²) in [5.41, 5.74) is 5.86. The fourth-order valence-corrected chi connectivity index (χ4v) is 5.23. The van der Waals surface area contributed by atoms with Crippen LogP contribution in [0.1, 0.15) is 23.3 Å². The van der Waals surface area contributed by atoms with E-state index in [-0.39, 0.29) is 23.2 Å². The number of aromatic nitrogens is 1. The first-order valence-electron chi connectivity index (χ1n) is 7.48. The van der Waals surface area contributed by atoms with Gasteiger partial charge in [-0.1, -0.05) is 15.9 Å². The molecule has 3 rings (SSSR count). The molecule has 1 aliphatic rings. The number of ether oxygens (including phenoxy) is 1. The number of nitrogens with one attached hydrogen (secondary N) is 1. The third-order valence-corrected chi connectivity index (χ3v) is 6.68. The monoisotopic (exact) mass is 415 g/mol. The zero-order valence-electron chi connectivity index (χ0n) is 13.1. The van der Waals surface area contributed by atoms with Crippen LogP contribution in [0, 0.1) is 0 Å². The van der Waals surface area contributed by atoms with Crippen LogP contribution >= 0.6 is 15.9 Å². The Morgan fingerprint density at radius 3 is 2.88 bits per heavy atom. The van der Waals surface area contributed by atoms with E-state index in [0.29, 0.717) is 23.9 Å². The molecule has 0 spiro atoms. The zero-order valence-corrected chi connectivity index (χ0v) is 15.5. The number of primary amides is 1. The fraction of sp³-hybridized carbons (Fsp3) is 0.400. The summed E-state index contributed by atoms with van der Waals surface area (Å²) in [6.45, 7) is 0.652. The van der Waals surface area contributed by atoms with E-state index in [1.54, 1.807) is 25.3 Å². The number of H-pyrrole nitrogens is 1. The number of amides is 1. The standard InChI is InChI=1S/C15H18BrN3O4S/c1-23-10-3-2-6-19(8-10)24(21,22)14-11-7-9(16)4-5-12(11)18-13(14)15(17)20/h4-5,7,10,18H,2-3,6,8H2,1H3,(H2,17,20). The molecule has 1 saturated heterocycles. The summed E-state index contributed by atoms with van der Waals surface area (Å²) in [6, 6.07) is 5.14. The largest absolute Gasteiger partial charge is 0.380 e. The zero-order chi connectivity index (χ0) is 17.5. The van der Waals surface area contributed by atoms with Gasteiger partial charge in [0.2, 0.25) is 10.0 Å². The Bertz CT molecular complexity index is 894. The highest BCUT2D eigenvalue weighted by Gasteiger charge is 2.35. The van der Waals surface area contributed by atoms with Crippen molar-refractivity contribution in [2.45, 2.75) is 23.8 Å². The van der Waals surface area contributed by atoms with Gasteiger partial charge in [-0.25, -0.2) is 8.42 Å². The van der Waals surface area contributed by atoms with Gasteiger partial charge in [-0.15, -0.1) is 0 Å². The molecule has 3 N–H and O–H groups in total. The normalized spacial score (nSPS) is 19.7. The number of piperidine rings is 1. The number of carbonyl (C=O) groups is 1. The lowest BCUT2D eigenvalue weighted by Gasteiger charge is -2.31. The summed E-state index contributed by atoms with van der Waals surface area (Å²) in [7, 11) is -2.31. The Labute approximate surface area is 148 Å². The Balaban J connectivity index is 2.17. The summed E-state index contributed by atoms with van der Waals surface area (Å²) < 4.78 is 33.8. The lowest BCUT2D eigenvalue weighted by atomic mass is 10.1. The van der Waals surface area contributed by atoms with Gasteiger partial charge in [0.15, 0.2) is 0 Å². The van der Waals surface area contributed by atoms with E-state index < -0.39 is 15.9 Å². The molecule has 7 nitrogen and oxygen atoms in total. The van der Waals surface area contributed by atoms with Crippen LogP contribution in [0.15, 0.2) is 27.6 Å². The van der Waals surface area contributed by atoms with E-state index in [9.17, 15) is 13.2 Å². The average molecular weight is 416 g/mol. The van der Waals surface area contributed by atoms with E-state index in [2.05, 4.69) is 20.9 Å². The van der Waals surface area contributed by atoms with Crippen molar-refractivity contribution in [1.29, 1.82) is 0 Å². The maximum absolute atomic E-state index is 13.2. The molecular weight excluding hydrogens is 398 g/mol. The second kappa shape index (κ2) is 6.47. The number of benzene rings is 1. The maximum Gasteiger partial charge on any atom is 0.266 e. The highest BCUT2D eigenvalue weighted by Crippen LogP contribution is 2.32. The SMILES string of the molecule is COC1CCCN(S(=O)(=O)c2c(C(N)=O)[nH]c3ccc(Br)cc23)C1. The van der Waals surface area contributed by atoms with Gasteiger partial charge in [-0.3, -0.25) is 4.79 Å². The third-order valence-electron chi connectivity index (χ3n) is 4.23. The van der Waals surface area contributed by atoms with E-state index in [0.717, 1.165) is 10.9 Å². The van der Waals surface area contributed by atoms with Crippen LogP contribution in [0.4, 0.5) is 0 Å². The number of halogens is 1. The number of rotatable bonds is 4. The first kappa shape index (κ1) is 17.4. The van der Waals surface area contributed by atoms with E-state index in [1.165, 1.54) is 4.31 Å². The number of carbonyl (C=O) groups excluding carboxylic acids is 1. The van der Waals surface area contributed by atoms with Gasteiger partial charge in [0.1, 0.15) is 10.6 Å². The Morgan fingerprint density at radius 1 is 1.46 bits per heavy atom. The van der Waals surface area contributed by atoms with Gasteiger partial charge in [-0.05, 0) is 31.0 Å². The van der Waals surface area contributed by atoms with Crippen molar-refractivity contribution in [1.82, 2.24) is 9.29 Å². The lowest BCUT2D eigenvalue weighted by molar-refractivity contribution is 0.0572. The number of hydrogen-bond donors (Lipinski definition) is 2. The first-order valence-corrected chi connectivity index (χ1v) is 9.72. The Morgan fingerprint density at radius 2 is 2.21 bits per heavy atom. The fourth-order valence-electron chi connectivity index (χ4n) is 3.03. The number of sulfonamides is 1. The summed E-state index contributed by atoms with van der Waals surface area (Å²) in [5, 5.41) is 0.442. The summed E-state index contributed by atoms with van der Waals surface area (Å²) in [6.07, 6.45) is 1.36. The number of hydrogen-bond acceptors (Lipinski definition) is 4. The van der Waals surface area contributed by atoms with Crippen molar-refractivity contribution in [3.05, 3.63) is 28.4 Å². The van der Waals surface area contributed by atoms with E-state index >= 15 is 0 Å². The third kappa shape index (κ3) is 2.97.